The van der Waals surface area contributed by atoms with Crippen LogP contribution in [0.2, 0.25) is 0 Å². The first-order valence-electron chi connectivity index (χ1n) is 5.60. The summed E-state index contributed by atoms with van der Waals surface area (Å²) < 4.78 is 1.88. The minimum Gasteiger partial charge on any atom is -0.345 e. The first-order chi connectivity index (χ1) is 8.70. The van der Waals surface area contributed by atoms with E-state index in [9.17, 15) is 4.79 Å². The fourth-order valence-corrected chi connectivity index (χ4v) is 1.95. The molecule has 0 saturated carbocycles. The lowest BCUT2D eigenvalue weighted by atomic mass is 10.1. The zero-order chi connectivity index (χ0) is 13.0. The first-order valence-corrected chi connectivity index (χ1v) is 6.72. The van der Waals surface area contributed by atoms with Crippen molar-refractivity contribution in [3.63, 3.8) is 0 Å². The number of halogens is 1. The number of alkyl halides is 1. The Morgan fingerprint density at radius 1 is 1.39 bits per heavy atom. The molecule has 5 heteroatoms. The molecule has 1 aromatic carbocycles. The lowest BCUT2D eigenvalue weighted by molar-refractivity contribution is 0.0949. The number of aromatic nitrogens is 2. The van der Waals surface area contributed by atoms with Crippen LogP contribution < -0.4 is 5.32 Å². The second-order valence-electron chi connectivity index (χ2n) is 3.97. The molecule has 0 aliphatic rings. The number of rotatable bonds is 4. The van der Waals surface area contributed by atoms with Crippen molar-refractivity contribution in [1.82, 2.24) is 14.9 Å². The molecule has 0 unspecified atom stereocenters. The highest BCUT2D eigenvalue weighted by Crippen LogP contribution is 2.08. The van der Waals surface area contributed by atoms with Crippen molar-refractivity contribution in [3.05, 3.63) is 53.6 Å². The molecule has 1 aromatic heterocycles. The Bertz CT molecular complexity index is 533. The van der Waals surface area contributed by atoms with Gasteiger partial charge in [-0.05, 0) is 17.7 Å². The highest BCUT2D eigenvalue weighted by molar-refractivity contribution is 9.08. The van der Waals surface area contributed by atoms with Gasteiger partial charge in [-0.3, -0.25) is 4.79 Å². The van der Waals surface area contributed by atoms with Gasteiger partial charge in [0.25, 0.3) is 5.91 Å². The maximum Gasteiger partial charge on any atom is 0.251 e. The molecule has 0 aliphatic carbocycles. The van der Waals surface area contributed by atoms with Gasteiger partial charge in [0.1, 0.15) is 5.82 Å². The lowest BCUT2D eigenvalue weighted by Gasteiger charge is -2.05. The predicted octanol–water partition coefficient (Wildman–Crippen LogP) is 2.25. The third-order valence-electron chi connectivity index (χ3n) is 2.70. The van der Waals surface area contributed by atoms with Crippen LogP contribution in [0.3, 0.4) is 0 Å². The van der Waals surface area contributed by atoms with E-state index >= 15 is 0 Å². The number of nitrogens with zero attached hydrogens (tertiary/aromatic N) is 2. The van der Waals surface area contributed by atoms with Gasteiger partial charge in [-0.15, -0.1) is 0 Å². The average molecular weight is 308 g/mol. The molecule has 18 heavy (non-hydrogen) atoms. The summed E-state index contributed by atoms with van der Waals surface area (Å²) in [5, 5.41) is 3.64. The van der Waals surface area contributed by atoms with E-state index in [0.29, 0.717) is 12.1 Å². The van der Waals surface area contributed by atoms with Crippen LogP contribution in [0.25, 0.3) is 0 Å². The van der Waals surface area contributed by atoms with Crippen LogP contribution in [0.5, 0.6) is 0 Å². The number of aryl methyl sites for hydroxylation is 1. The minimum absolute atomic E-state index is 0.0841. The Labute approximate surface area is 114 Å². The van der Waals surface area contributed by atoms with Crippen LogP contribution in [-0.2, 0) is 18.9 Å². The Morgan fingerprint density at radius 2 is 2.11 bits per heavy atom. The second kappa shape index (κ2) is 5.82. The molecule has 0 aliphatic heterocycles. The van der Waals surface area contributed by atoms with Gasteiger partial charge in [0.05, 0.1) is 6.54 Å². The summed E-state index contributed by atoms with van der Waals surface area (Å²) in [6, 6.07) is 7.52. The van der Waals surface area contributed by atoms with Gasteiger partial charge in [-0.1, -0.05) is 28.1 Å². The van der Waals surface area contributed by atoms with E-state index in [2.05, 4.69) is 26.2 Å². The van der Waals surface area contributed by atoms with Gasteiger partial charge in [0.2, 0.25) is 0 Å². The van der Waals surface area contributed by atoms with Crippen LogP contribution in [0.1, 0.15) is 21.7 Å². The molecule has 0 bridgehead atoms. The summed E-state index contributed by atoms with van der Waals surface area (Å²) in [4.78, 5) is 16.0. The molecular formula is C13H14BrN3O. The van der Waals surface area contributed by atoms with Crippen LogP contribution >= 0.6 is 15.9 Å². The van der Waals surface area contributed by atoms with E-state index in [0.717, 1.165) is 16.7 Å². The summed E-state index contributed by atoms with van der Waals surface area (Å²) >= 11 is 3.37. The summed E-state index contributed by atoms with van der Waals surface area (Å²) in [5.41, 5.74) is 1.81. The molecule has 2 aromatic rings. The molecule has 1 N–H and O–H groups in total. The fraction of sp³-hybridized carbons (Fsp3) is 0.231. The van der Waals surface area contributed by atoms with Crippen LogP contribution in [0.4, 0.5) is 0 Å². The molecule has 0 spiro atoms. The average Bonchev–Trinajstić information content (AvgIpc) is 2.81. The highest BCUT2D eigenvalue weighted by Gasteiger charge is 2.06. The van der Waals surface area contributed by atoms with Crippen molar-refractivity contribution in [2.45, 2.75) is 11.9 Å². The SMILES string of the molecule is Cn1ccnc1CNC(=O)c1ccc(CBr)cc1. The van der Waals surface area contributed by atoms with Crippen molar-refractivity contribution >= 4 is 21.8 Å². The topological polar surface area (TPSA) is 46.9 Å². The summed E-state index contributed by atoms with van der Waals surface area (Å²) in [6.07, 6.45) is 3.57. The molecule has 0 saturated heterocycles. The normalized spacial score (nSPS) is 10.3. The van der Waals surface area contributed by atoms with Crippen LogP contribution in [0, 0.1) is 0 Å². The quantitative estimate of drug-likeness (QED) is 0.881. The van der Waals surface area contributed by atoms with Crippen molar-refractivity contribution < 1.29 is 4.79 Å². The first kappa shape index (κ1) is 12.8. The van der Waals surface area contributed by atoms with Gasteiger partial charge in [-0.2, -0.15) is 0 Å². The molecule has 94 valence electrons. The van der Waals surface area contributed by atoms with Crippen molar-refractivity contribution in [1.29, 1.82) is 0 Å². The number of amides is 1. The van der Waals surface area contributed by atoms with E-state index in [1.54, 1.807) is 6.20 Å². The number of hydrogen-bond donors (Lipinski definition) is 1. The fourth-order valence-electron chi connectivity index (χ4n) is 1.57. The molecule has 0 fully saturated rings. The van der Waals surface area contributed by atoms with Crippen molar-refractivity contribution in [2.75, 3.05) is 0 Å². The summed E-state index contributed by atoms with van der Waals surface area (Å²) in [7, 11) is 1.90. The van der Waals surface area contributed by atoms with Crippen LogP contribution in [-0.4, -0.2) is 15.5 Å². The molecule has 0 atom stereocenters. The van der Waals surface area contributed by atoms with Crippen LogP contribution in [0.15, 0.2) is 36.7 Å². The Morgan fingerprint density at radius 3 is 2.67 bits per heavy atom. The maximum absolute atomic E-state index is 11.9. The van der Waals surface area contributed by atoms with E-state index in [4.69, 9.17) is 0 Å². The molecule has 1 heterocycles. The number of imidazole rings is 1. The van der Waals surface area contributed by atoms with E-state index in [-0.39, 0.29) is 5.91 Å². The Kier molecular flexibility index (Phi) is 4.15. The zero-order valence-corrected chi connectivity index (χ0v) is 11.6. The molecular weight excluding hydrogens is 294 g/mol. The number of hydrogen-bond acceptors (Lipinski definition) is 2. The third kappa shape index (κ3) is 2.98. The largest absolute Gasteiger partial charge is 0.345 e. The van der Waals surface area contributed by atoms with Gasteiger partial charge in [-0.25, -0.2) is 4.98 Å². The Balaban J connectivity index is 1.97. The smallest absolute Gasteiger partial charge is 0.251 e. The van der Waals surface area contributed by atoms with E-state index in [1.165, 1.54) is 0 Å². The third-order valence-corrected chi connectivity index (χ3v) is 3.35. The summed E-state index contributed by atoms with van der Waals surface area (Å²) in [6.45, 7) is 0.433. The van der Waals surface area contributed by atoms with E-state index < -0.39 is 0 Å². The van der Waals surface area contributed by atoms with Crippen molar-refractivity contribution in [2.24, 2.45) is 7.05 Å². The number of carbonyl (C=O) groups is 1. The monoisotopic (exact) mass is 307 g/mol. The summed E-state index contributed by atoms with van der Waals surface area (Å²) in [5.74, 6) is 0.750. The second-order valence-corrected chi connectivity index (χ2v) is 4.53. The van der Waals surface area contributed by atoms with Crippen molar-refractivity contribution in [3.8, 4) is 0 Å². The Hall–Kier alpha value is -1.62. The maximum atomic E-state index is 11.9. The minimum atomic E-state index is -0.0841. The molecule has 2 rings (SSSR count). The van der Waals surface area contributed by atoms with E-state index in [1.807, 2.05) is 42.1 Å². The number of nitrogens with one attached hydrogen (secondary N) is 1. The van der Waals surface area contributed by atoms with Gasteiger partial charge in [0.15, 0.2) is 0 Å². The standard InChI is InChI=1S/C13H14BrN3O/c1-17-7-6-15-12(17)9-16-13(18)11-4-2-10(8-14)3-5-11/h2-7H,8-9H2,1H3,(H,16,18). The van der Waals surface area contributed by atoms with Gasteiger partial charge >= 0.3 is 0 Å². The lowest BCUT2D eigenvalue weighted by Crippen LogP contribution is -2.24. The highest BCUT2D eigenvalue weighted by atomic mass is 79.9. The predicted molar refractivity (Wildman–Crippen MR) is 73.5 cm³/mol. The zero-order valence-electron chi connectivity index (χ0n) is 10.1. The van der Waals surface area contributed by atoms with Gasteiger partial charge < -0.3 is 9.88 Å². The number of benzene rings is 1. The van der Waals surface area contributed by atoms with Gasteiger partial charge in [0, 0.05) is 30.3 Å². The molecule has 0 radical (unpaired) electrons. The molecule has 1 amide bonds. The molecule has 4 nitrogen and oxygen atoms in total. The number of carbonyl (C=O) groups excluding carboxylic acids is 1.